The molecule has 0 saturated carbocycles. The van der Waals surface area contributed by atoms with E-state index < -0.39 is 5.97 Å². The van der Waals surface area contributed by atoms with E-state index in [0.29, 0.717) is 19.4 Å². The molecule has 4 heteroatoms. The number of piperidine rings is 1. The molecular formula is C13H17NO3. The molecule has 1 aliphatic heterocycles. The smallest absolute Gasteiger partial charge is 0.306 e. The van der Waals surface area contributed by atoms with Gasteiger partial charge in [-0.1, -0.05) is 18.2 Å². The summed E-state index contributed by atoms with van der Waals surface area (Å²) in [6.45, 7) is 1.46. The number of rotatable bonds is 3. The average molecular weight is 235 g/mol. The first-order valence-electron chi connectivity index (χ1n) is 5.89. The van der Waals surface area contributed by atoms with Crippen molar-refractivity contribution < 1.29 is 15.0 Å². The fourth-order valence-electron chi connectivity index (χ4n) is 2.43. The van der Waals surface area contributed by atoms with Gasteiger partial charge in [-0.25, -0.2) is 0 Å². The number of para-hydroxylation sites is 1. The van der Waals surface area contributed by atoms with E-state index >= 15 is 0 Å². The van der Waals surface area contributed by atoms with Crippen molar-refractivity contribution in [3.05, 3.63) is 29.8 Å². The maximum Gasteiger partial charge on any atom is 0.306 e. The van der Waals surface area contributed by atoms with Crippen molar-refractivity contribution in [2.45, 2.75) is 12.8 Å². The second-order valence-electron chi connectivity index (χ2n) is 4.53. The summed E-state index contributed by atoms with van der Waals surface area (Å²) >= 11 is 0. The minimum Gasteiger partial charge on any atom is -0.508 e. The summed E-state index contributed by atoms with van der Waals surface area (Å²) in [5.74, 6) is -0.737. The molecule has 0 aliphatic carbocycles. The third-order valence-corrected chi connectivity index (χ3v) is 3.40. The summed E-state index contributed by atoms with van der Waals surface area (Å²) in [6.07, 6.45) is 1.27. The van der Waals surface area contributed by atoms with Gasteiger partial charge in [0.25, 0.3) is 0 Å². The summed E-state index contributed by atoms with van der Waals surface area (Å²) in [5.41, 5.74) is 0.826. The first-order chi connectivity index (χ1) is 8.18. The molecule has 1 aromatic carbocycles. The highest BCUT2D eigenvalue weighted by Gasteiger charge is 2.30. The standard InChI is InChI=1S/C13H17NO3/c15-12-4-2-1-3-9(12)7-10-8-14-6-5-11(10)13(16)17/h1-4,10-11,14-15H,5-8H2,(H,16,17). The zero-order valence-electron chi connectivity index (χ0n) is 9.60. The molecule has 2 unspecified atom stereocenters. The van der Waals surface area contributed by atoms with Crippen molar-refractivity contribution in [3.8, 4) is 5.75 Å². The highest BCUT2D eigenvalue weighted by Crippen LogP contribution is 2.27. The molecule has 92 valence electrons. The van der Waals surface area contributed by atoms with Crippen molar-refractivity contribution in [3.63, 3.8) is 0 Å². The van der Waals surface area contributed by atoms with Crippen molar-refractivity contribution in [1.29, 1.82) is 0 Å². The number of benzene rings is 1. The molecule has 0 bridgehead atoms. The van der Waals surface area contributed by atoms with E-state index in [4.69, 9.17) is 5.11 Å². The number of hydrogen-bond donors (Lipinski definition) is 3. The Kier molecular flexibility index (Phi) is 3.64. The lowest BCUT2D eigenvalue weighted by Crippen LogP contribution is -2.41. The van der Waals surface area contributed by atoms with Gasteiger partial charge in [-0.2, -0.15) is 0 Å². The zero-order chi connectivity index (χ0) is 12.3. The number of carboxylic acids is 1. The van der Waals surface area contributed by atoms with E-state index in [-0.39, 0.29) is 17.6 Å². The van der Waals surface area contributed by atoms with Crippen LogP contribution in [0.1, 0.15) is 12.0 Å². The van der Waals surface area contributed by atoms with E-state index in [2.05, 4.69) is 5.32 Å². The molecule has 2 atom stereocenters. The van der Waals surface area contributed by atoms with Gasteiger partial charge in [0.2, 0.25) is 0 Å². The first-order valence-corrected chi connectivity index (χ1v) is 5.89. The van der Waals surface area contributed by atoms with Crippen LogP contribution in [0.3, 0.4) is 0 Å². The lowest BCUT2D eigenvalue weighted by Gasteiger charge is -2.29. The summed E-state index contributed by atoms with van der Waals surface area (Å²) < 4.78 is 0. The minimum atomic E-state index is -0.730. The molecular weight excluding hydrogens is 218 g/mol. The molecule has 3 N–H and O–H groups in total. The first kappa shape index (κ1) is 11.9. The summed E-state index contributed by atoms with van der Waals surface area (Å²) in [4.78, 5) is 11.1. The average Bonchev–Trinajstić information content (AvgIpc) is 2.32. The van der Waals surface area contributed by atoms with E-state index in [9.17, 15) is 9.90 Å². The van der Waals surface area contributed by atoms with Crippen LogP contribution in [0.5, 0.6) is 5.75 Å². The van der Waals surface area contributed by atoms with Gasteiger partial charge >= 0.3 is 5.97 Å². The van der Waals surface area contributed by atoms with Crippen LogP contribution in [0.25, 0.3) is 0 Å². The Morgan fingerprint density at radius 1 is 1.41 bits per heavy atom. The lowest BCUT2D eigenvalue weighted by atomic mass is 9.82. The van der Waals surface area contributed by atoms with Crippen molar-refractivity contribution >= 4 is 5.97 Å². The topological polar surface area (TPSA) is 69.6 Å². The molecule has 1 aromatic rings. The Morgan fingerprint density at radius 2 is 2.18 bits per heavy atom. The molecule has 1 aliphatic rings. The van der Waals surface area contributed by atoms with Gasteiger partial charge in [0.15, 0.2) is 0 Å². The van der Waals surface area contributed by atoms with Crippen molar-refractivity contribution in [2.75, 3.05) is 13.1 Å². The van der Waals surface area contributed by atoms with Gasteiger partial charge in [0.1, 0.15) is 5.75 Å². The normalized spacial score (nSPS) is 24.5. The second kappa shape index (κ2) is 5.19. The third kappa shape index (κ3) is 2.77. The molecule has 17 heavy (non-hydrogen) atoms. The number of hydrogen-bond acceptors (Lipinski definition) is 3. The lowest BCUT2D eigenvalue weighted by molar-refractivity contribution is -0.144. The number of aromatic hydroxyl groups is 1. The van der Waals surface area contributed by atoms with Gasteiger partial charge in [-0.15, -0.1) is 0 Å². The van der Waals surface area contributed by atoms with E-state index in [0.717, 1.165) is 12.1 Å². The number of phenolic OH excluding ortho intramolecular Hbond substituents is 1. The van der Waals surface area contributed by atoms with E-state index in [1.165, 1.54) is 0 Å². The van der Waals surface area contributed by atoms with E-state index in [1.54, 1.807) is 12.1 Å². The second-order valence-corrected chi connectivity index (χ2v) is 4.53. The Morgan fingerprint density at radius 3 is 2.88 bits per heavy atom. The molecule has 0 amide bonds. The van der Waals surface area contributed by atoms with Crippen LogP contribution < -0.4 is 5.32 Å². The fourth-order valence-corrected chi connectivity index (χ4v) is 2.43. The minimum absolute atomic E-state index is 0.0505. The highest BCUT2D eigenvalue weighted by molar-refractivity contribution is 5.70. The molecule has 2 rings (SSSR count). The van der Waals surface area contributed by atoms with Crippen LogP contribution in [0.4, 0.5) is 0 Å². The van der Waals surface area contributed by atoms with Gasteiger partial charge in [-0.3, -0.25) is 4.79 Å². The number of nitrogens with one attached hydrogen (secondary N) is 1. The summed E-state index contributed by atoms with van der Waals surface area (Å²) in [6, 6.07) is 7.12. The fraction of sp³-hybridized carbons (Fsp3) is 0.462. The Hall–Kier alpha value is -1.55. The Balaban J connectivity index is 2.11. The van der Waals surface area contributed by atoms with Gasteiger partial charge in [0, 0.05) is 0 Å². The van der Waals surface area contributed by atoms with Crippen LogP contribution in [-0.4, -0.2) is 29.3 Å². The Labute approximate surface area is 100 Å². The largest absolute Gasteiger partial charge is 0.508 e. The van der Waals surface area contributed by atoms with Crippen LogP contribution in [0, 0.1) is 11.8 Å². The number of carboxylic acid groups (broad SMARTS) is 1. The van der Waals surface area contributed by atoms with Gasteiger partial charge in [-0.05, 0) is 43.5 Å². The highest BCUT2D eigenvalue weighted by atomic mass is 16.4. The number of carbonyl (C=O) groups is 1. The van der Waals surface area contributed by atoms with Gasteiger partial charge in [0.05, 0.1) is 5.92 Å². The third-order valence-electron chi connectivity index (χ3n) is 3.40. The molecule has 0 spiro atoms. The van der Waals surface area contributed by atoms with Gasteiger partial charge < -0.3 is 15.5 Å². The molecule has 1 heterocycles. The van der Waals surface area contributed by atoms with Crippen molar-refractivity contribution in [2.24, 2.45) is 11.8 Å². The molecule has 1 fully saturated rings. The summed E-state index contributed by atoms with van der Waals surface area (Å²) in [7, 11) is 0. The van der Waals surface area contributed by atoms with Crippen molar-refractivity contribution in [1.82, 2.24) is 5.32 Å². The molecule has 0 aromatic heterocycles. The molecule has 4 nitrogen and oxygen atoms in total. The van der Waals surface area contributed by atoms with Crippen LogP contribution in [0.15, 0.2) is 24.3 Å². The predicted octanol–water partition coefficient (Wildman–Crippen LogP) is 1.24. The van der Waals surface area contributed by atoms with E-state index in [1.807, 2.05) is 12.1 Å². The molecule has 0 radical (unpaired) electrons. The zero-order valence-corrected chi connectivity index (χ0v) is 9.60. The number of phenols is 1. The maximum absolute atomic E-state index is 11.1. The van der Waals surface area contributed by atoms with Crippen LogP contribution >= 0.6 is 0 Å². The van der Waals surface area contributed by atoms with Crippen LogP contribution in [0.2, 0.25) is 0 Å². The SMILES string of the molecule is O=C(O)C1CCNCC1Cc1ccccc1O. The predicted molar refractivity (Wildman–Crippen MR) is 63.9 cm³/mol. The van der Waals surface area contributed by atoms with Crippen LogP contribution in [-0.2, 0) is 11.2 Å². The monoisotopic (exact) mass is 235 g/mol. The number of aliphatic carboxylic acids is 1. The quantitative estimate of drug-likeness (QED) is 0.737. The Bertz CT molecular complexity index is 405. The maximum atomic E-state index is 11.1. The molecule has 1 saturated heterocycles. The summed E-state index contributed by atoms with van der Waals surface area (Å²) in [5, 5.41) is 22.1.